The van der Waals surface area contributed by atoms with Crippen LogP contribution in [0.1, 0.15) is 35.2 Å². The highest BCUT2D eigenvalue weighted by Crippen LogP contribution is 2.28. The molecular weight excluding hydrogens is 320 g/mol. The number of anilines is 1. The van der Waals surface area contributed by atoms with E-state index in [9.17, 15) is 0 Å². The highest BCUT2D eigenvalue weighted by molar-refractivity contribution is 9.10. The van der Waals surface area contributed by atoms with Crippen LogP contribution in [-0.4, -0.2) is 0 Å². The van der Waals surface area contributed by atoms with Gasteiger partial charge in [0.25, 0.3) is 0 Å². The third-order valence-corrected chi connectivity index (χ3v) is 4.84. The van der Waals surface area contributed by atoms with E-state index in [-0.39, 0.29) is 6.04 Å². The van der Waals surface area contributed by atoms with Gasteiger partial charge in [0.05, 0.1) is 17.3 Å². The predicted octanol–water partition coefficient (Wildman–Crippen LogP) is 5.12. The lowest BCUT2D eigenvalue weighted by molar-refractivity contribution is 0.907. The van der Waals surface area contributed by atoms with Crippen LogP contribution in [0.15, 0.2) is 34.8 Å². The summed E-state index contributed by atoms with van der Waals surface area (Å²) < 4.78 is 0.923. The van der Waals surface area contributed by atoms with Crippen LogP contribution < -0.4 is 5.32 Å². The Hall–Kier alpha value is -1.31. The summed E-state index contributed by atoms with van der Waals surface area (Å²) in [5.74, 6) is 0. The maximum atomic E-state index is 9.16. The fourth-order valence-electron chi connectivity index (χ4n) is 1.86. The first-order valence-corrected chi connectivity index (χ1v) is 7.79. The van der Waals surface area contributed by atoms with Gasteiger partial charge in [-0.3, -0.25) is 0 Å². The number of nitrogens with zero attached hydrogens (tertiary/aromatic N) is 1. The van der Waals surface area contributed by atoms with E-state index in [4.69, 9.17) is 5.26 Å². The molecule has 1 heterocycles. The van der Waals surface area contributed by atoms with E-state index in [1.807, 2.05) is 29.5 Å². The molecule has 19 heavy (non-hydrogen) atoms. The van der Waals surface area contributed by atoms with Crippen molar-refractivity contribution < 1.29 is 0 Å². The highest BCUT2D eigenvalue weighted by Gasteiger charge is 2.10. The van der Waals surface area contributed by atoms with Crippen LogP contribution in [0.4, 0.5) is 5.69 Å². The molecule has 2 rings (SSSR count). The van der Waals surface area contributed by atoms with Crippen LogP contribution in [-0.2, 0) is 6.42 Å². The number of hydrogen-bond donors (Lipinski definition) is 1. The topological polar surface area (TPSA) is 35.8 Å². The maximum absolute atomic E-state index is 9.16. The molecule has 0 aliphatic heterocycles. The minimum absolute atomic E-state index is 0.207. The first-order chi connectivity index (χ1) is 9.13. The average molecular weight is 335 g/mol. The van der Waals surface area contributed by atoms with Crippen LogP contribution in [0.3, 0.4) is 0 Å². The number of aryl methyl sites for hydroxylation is 1. The summed E-state index contributed by atoms with van der Waals surface area (Å²) in [6.07, 6.45) is 1.07. The second kappa shape index (κ2) is 6.23. The van der Waals surface area contributed by atoms with E-state index in [1.54, 1.807) is 0 Å². The molecule has 0 saturated carbocycles. The molecular formula is C15H15BrN2S. The molecule has 0 spiro atoms. The van der Waals surface area contributed by atoms with E-state index < -0.39 is 0 Å². The van der Waals surface area contributed by atoms with Crippen LogP contribution in [0.2, 0.25) is 0 Å². The lowest BCUT2D eigenvalue weighted by Crippen LogP contribution is -2.06. The van der Waals surface area contributed by atoms with Crippen LogP contribution >= 0.6 is 27.3 Å². The highest BCUT2D eigenvalue weighted by atomic mass is 79.9. The molecule has 98 valence electrons. The van der Waals surface area contributed by atoms with Crippen molar-refractivity contribution in [3.05, 3.63) is 50.1 Å². The molecule has 0 bridgehead atoms. The third kappa shape index (κ3) is 3.37. The molecule has 0 amide bonds. The van der Waals surface area contributed by atoms with Crippen molar-refractivity contribution in [1.82, 2.24) is 0 Å². The van der Waals surface area contributed by atoms with Gasteiger partial charge in [-0.1, -0.05) is 22.9 Å². The molecule has 1 aromatic heterocycles. The van der Waals surface area contributed by atoms with Gasteiger partial charge in [0.1, 0.15) is 6.07 Å². The van der Waals surface area contributed by atoms with Gasteiger partial charge in [-0.2, -0.15) is 5.26 Å². The molecule has 0 aliphatic rings. The first-order valence-electron chi connectivity index (χ1n) is 6.18. The number of hydrogen-bond acceptors (Lipinski definition) is 3. The second-order valence-corrected chi connectivity index (χ2v) is 6.44. The van der Waals surface area contributed by atoms with Crippen molar-refractivity contribution in [2.45, 2.75) is 26.3 Å². The van der Waals surface area contributed by atoms with Gasteiger partial charge < -0.3 is 5.32 Å². The zero-order valence-corrected chi connectivity index (χ0v) is 13.3. The monoisotopic (exact) mass is 334 g/mol. The molecule has 0 radical (unpaired) electrons. The summed E-state index contributed by atoms with van der Waals surface area (Å²) in [7, 11) is 0. The van der Waals surface area contributed by atoms with Gasteiger partial charge in [0.15, 0.2) is 0 Å². The molecule has 2 nitrogen and oxygen atoms in total. The Morgan fingerprint density at radius 2 is 2.16 bits per heavy atom. The van der Waals surface area contributed by atoms with Crippen molar-refractivity contribution in [2.75, 3.05) is 5.32 Å². The van der Waals surface area contributed by atoms with Crippen LogP contribution in [0.5, 0.6) is 0 Å². The van der Waals surface area contributed by atoms with Gasteiger partial charge in [-0.25, -0.2) is 0 Å². The molecule has 1 atom stereocenters. The molecule has 1 N–H and O–H groups in total. The first kappa shape index (κ1) is 14.1. The number of nitrogens with one attached hydrogen (secondary N) is 1. The summed E-state index contributed by atoms with van der Waals surface area (Å²) in [5, 5.41) is 12.6. The van der Waals surface area contributed by atoms with E-state index in [1.165, 1.54) is 9.75 Å². The summed E-state index contributed by atoms with van der Waals surface area (Å²) in [4.78, 5) is 2.68. The zero-order chi connectivity index (χ0) is 13.8. The number of nitriles is 1. The van der Waals surface area contributed by atoms with Crippen LogP contribution in [0.25, 0.3) is 0 Å². The van der Waals surface area contributed by atoms with E-state index in [0.29, 0.717) is 5.56 Å². The zero-order valence-electron chi connectivity index (χ0n) is 10.9. The quantitative estimate of drug-likeness (QED) is 0.842. The lowest BCUT2D eigenvalue weighted by Gasteiger charge is -2.15. The lowest BCUT2D eigenvalue weighted by atomic mass is 10.1. The molecule has 4 heteroatoms. The molecule has 1 aromatic carbocycles. The van der Waals surface area contributed by atoms with Gasteiger partial charge in [-0.05, 0) is 43.7 Å². The van der Waals surface area contributed by atoms with Crippen LogP contribution in [0, 0.1) is 11.3 Å². The Kier molecular flexibility index (Phi) is 4.62. The van der Waals surface area contributed by atoms with Gasteiger partial charge in [-0.15, -0.1) is 11.3 Å². The Morgan fingerprint density at radius 1 is 1.37 bits per heavy atom. The normalized spacial score (nSPS) is 11.9. The summed E-state index contributed by atoms with van der Waals surface area (Å²) in [6, 6.07) is 12.5. The van der Waals surface area contributed by atoms with Crippen molar-refractivity contribution in [2.24, 2.45) is 0 Å². The maximum Gasteiger partial charge on any atom is 0.101 e. The average Bonchev–Trinajstić information content (AvgIpc) is 2.89. The minimum atomic E-state index is 0.207. The van der Waals surface area contributed by atoms with Gasteiger partial charge in [0, 0.05) is 14.2 Å². The Bertz CT molecular complexity index is 613. The Balaban J connectivity index is 2.19. The summed E-state index contributed by atoms with van der Waals surface area (Å²) in [6.45, 7) is 4.28. The fourth-order valence-corrected chi connectivity index (χ4v) is 3.17. The minimum Gasteiger partial charge on any atom is -0.377 e. The molecule has 0 fully saturated rings. The third-order valence-electron chi connectivity index (χ3n) is 2.93. The van der Waals surface area contributed by atoms with Crippen molar-refractivity contribution >= 4 is 33.0 Å². The van der Waals surface area contributed by atoms with E-state index in [2.05, 4.69) is 53.3 Å². The second-order valence-electron chi connectivity index (χ2n) is 4.33. The fraction of sp³-hybridized carbons (Fsp3) is 0.267. The van der Waals surface area contributed by atoms with E-state index in [0.717, 1.165) is 16.6 Å². The van der Waals surface area contributed by atoms with Crippen molar-refractivity contribution in [3.63, 3.8) is 0 Å². The van der Waals surface area contributed by atoms with Crippen molar-refractivity contribution in [1.29, 1.82) is 5.26 Å². The van der Waals surface area contributed by atoms with Gasteiger partial charge >= 0.3 is 0 Å². The summed E-state index contributed by atoms with van der Waals surface area (Å²) >= 11 is 5.21. The Morgan fingerprint density at radius 3 is 2.79 bits per heavy atom. The Labute approximate surface area is 126 Å². The molecule has 0 aliphatic carbocycles. The number of rotatable bonds is 4. The van der Waals surface area contributed by atoms with Gasteiger partial charge in [0.2, 0.25) is 0 Å². The largest absolute Gasteiger partial charge is 0.377 e. The molecule has 1 unspecified atom stereocenters. The number of benzene rings is 1. The van der Waals surface area contributed by atoms with E-state index >= 15 is 0 Å². The number of thiophene rings is 1. The standard InChI is InChI=1S/C15H15BrN2S/c1-3-13-5-7-15(19-13)10(2)18-14-6-4-12(16)8-11(14)9-17/h4-8,10,18H,3H2,1-2H3. The SMILES string of the molecule is CCc1ccc(C(C)Nc2ccc(Br)cc2C#N)s1. The molecule has 0 saturated heterocycles. The predicted molar refractivity (Wildman–Crippen MR) is 84.6 cm³/mol. The van der Waals surface area contributed by atoms with Crippen molar-refractivity contribution in [3.8, 4) is 6.07 Å². The summed E-state index contributed by atoms with van der Waals surface area (Å²) in [5.41, 5.74) is 1.54. The smallest absolute Gasteiger partial charge is 0.101 e. The molecule has 2 aromatic rings. The number of halogens is 1.